The Morgan fingerprint density at radius 2 is 1.77 bits per heavy atom. The van der Waals surface area contributed by atoms with Crippen LogP contribution in [0.25, 0.3) is 0 Å². The van der Waals surface area contributed by atoms with Crippen LogP contribution in [0.4, 0.5) is 32.0 Å². The second-order valence-corrected chi connectivity index (χ2v) is 5.87. The summed E-state index contributed by atoms with van der Waals surface area (Å²) in [5.41, 5.74) is -6.16. The molecule has 0 spiro atoms. The van der Waals surface area contributed by atoms with Crippen LogP contribution >= 0.6 is 0 Å². The first-order chi connectivity index (χ1) is 13.9. The Balaban J connectivity index is 2.54. The molecular weight excluding hydrogens is 420 g/mol. The zero-order valence-electron chi connectivity index (χ0n) is 15.3. The minimum atomic E-state index is -5.49. The van der Waals surface area contributed by atoms with E-state index in [1.807, 2.05) is 0 Å². The number of nitrogens with one attached hydrogen (secondary N) is 2. The number of alkyl halides is 6. The number of rotatable bonds is 6. The highest BCUT2D eigenvalue weighted by atomic mass is 19.4. The smallest absolute Gasteiger partial charge is 0.441 e. The Kier molecular flexibility index (Phi) is 6.58. The van der Waals surface area contributed by atoms with Crippen molar-refractivity contribution >= 4 is 17.6 Å². The molecule has 30 heavy (non-hydrogen) atoms. The molecule has 1 aromatic heterocycles. The molecule has 0 radical (unpaired) electrons. The van der Waals surface area contributed by atoms with E-state index < -0.39 is 47.7 Å². The molecule has 0 aliphatic rings. The fourth-order valence-electron chi connectivity index (χ4n) is 2.36. The monoisotopic (exact) mass is 435 g/mol. The number of esters is 1. The van der Waals surface area contributed by atoms with Gasteiger partial charge >= 0.3 is 24.0 Å². The first-order valence-corrected chi connectivity index (χ1v) is 8.32. The van der Waals surface area contributed by atoms with Gasteiger partial charge in [-0.15, -0.1) is 0 Å². The molecule has 1 unspecified atom stereocenters. The summed E-state index contributed by atoms with van der Waals surface area (Å²) in [6.45, 7) is 0.746. The quantitative estimate of drug-likeness (QED) is 0.410. The number of carbonyl (C=O) groups excluding carboxylic acids is 2. The summed E-state index contributed by atoms with van der Waals surface area (Å²) in [5.74, 6) is -3.31. The summed E-state index contributed by atoms with van der Waals surface area (Å²) in [6.07, 6.45) is -8.13. The molecule has 1 atom stereocenters. The van der Waals surface area contributed by atoms with Gasteiger partial charge in [0, 0.05) is 18.1 Å². The third kappa shape index (κ3) is 4.99. The Hall–Kier alpha value is -3.31. The van der Waals surface area contributed by atoms with Crippen LogP contribution in [-0.2, 0) is 15.7 Å². The maximum Gasteiger partial charge on any atom is 0.441 e. The Morgan fingerprint density at radius 1 is 1.07 bits per heavy atom. The zero-order chi connectivity index (χ0) is 22.6. The summed E-state index contributed by atoms with van der Waals surface area (Å²) in [5, 5.41) is 3.19. The normalized spacial score (nSPS) is 13.8. The maximum absolute atomic E-state index is 14.0. The summed E-state index contributed by atoms with van der Waals surface area (Å²) < 4.78 is 85.3. The van der Waals surface area contributed by atoms with Gasteiger partial charge in [0.25, 0.3) is 5.91 Å². The Bertz CT molecular complexity index is 902. The van der Waals surface area contributed by atoms with E-state index in [1.54, 1.807) is 5.32 Å². The number of amides is 1. The summed E-state index contributed by atoms with van der Waals surface area (Å²) in [4.78, 5) is 28.3. The van der Waals surface area contributed by atoms with Crippen LogP contribution in [0.1, 0.15) is 22.8 Å². The van der Waals surface area contributed by atoms with Crippen molar-refractivity contribution in [1.29, 1.82) is 0 Å². The Labute approximate surface area is 166 Å². The van der Waals surface area contributed by atoms with Crippen molar-refractivity contribution in [3.05, 3.63) is 59.9 Å². The summed E-state index contributed by atoms with van der Waals surface area (Å²) >= 11 is 0. The zero-order valence-corrected chi connectivity index (χ0v) is 15.3. The van der Waals surface area contributed by atoms with Gasteiger partial charge in [-0.3, -0.25) is 9.78 Å². The van der Waals surface area contributed by atoms with Gasteiger partial charge in [0.2, 0.25) is 0 Å². The van der Waals surface area contributed by atoms with Gasteiger partial charge in [-0.1, -0.05) is 6.07 Å². The first-order valence-electron chi connectivity index (χ1n) is 8.32. The molecule has 1 heterocycles. The fourth-order valence-corrected chi connectivity index (χ4v) is 2.36. The molecule has 0 fully saturated rings. The van der Waals surface area contributed by atoms with Crippen LogP contribution in [0.2, 0.25) is 0 Å². The highest BCUT2D eigenvalue weighted by molar-refractivity contribution is 5.99. The molecule has 0 aliphatic carbocycles. The summed E-state index contributed by atoms with van der Waals surface area (Å²) in [6, 6.07) is 5.15. The minimum absolute atomic E-state index is 0.318. The number of anilines is 1. The van der Waals surface area contributed by atoms with E-state index in [1.165, 1.54) is 24.5 Å². The van der Waals surface area contributed by atoms with Crippen molar-refractivity contribution < 1.29 is 40.7 Å². The molecule has 0 saturated heterocycles. The molecule has 1 aromatic carbocycles. The molecule has 0 aliphatic heterocycles. The number of carbonyl (C=O) groups is 2. The van der Waals surface area contributed by atoms with E-state index in [4.69, 9.17) is 0 Å². The van der Waals surface area contributed by atoms with Crippen LogP contribution in [0.5, 0.6) is 0 Å². The van der Waals surface area contributed by atoms with Crippen molar-refractivity contribution in [2.45, 2.75) is 24.9 Å². The number of halogens is 6. The highest BCUT2D eigenvalue weighted by Crippen LogP contribution is 2.36. The Morgan fingerprint density at radius 3 is 2.30 bits per heavy atom. The number of ether oxygens (including phenoxy) is 1. The van der Waals surface area contributed by atoms with Crippen molar-refractivity contribution in [3.8, 4) is 0 Å². The standard InChI is InChI=1S/C18H15F6N3O3/c1-2-30-15(29)16(18(22,23)24,27-14(28)11-5-4-8-25-10-11)26-13-7-3-6-12(9-13)17(19,20)21/h3-10,26H,2H2,1H3,(H,27,28). The summed E-state index contributed by atoms with van der Waals surface area (Å²) in [7, 11) is 0. The van der Waals surface area contributed by atoms with Gasteiger partial charge in [0.1, 0.15) is 0 Å². The second-order valence-electron chi connectivity index (χ2n) is 5.87. The van der Waals surface area contributed by atoms with Crippen LogP contribution in [0, 0.1) is 0 Å². The lowest BCUT2D eigenvalue weighted by Gasteiger charge is -2.35. The van der Waals surface area contributed by atoms with E-state index in [0.717, 1.165) is 24.4 Å². The molecular formula is C18H15F6N3O3. The number of hydrogen-bond acceptors (Lipinski definition) is 5. The first kappa shape index (κ1) is 23.0. The van der Waals surface area contributed by atoms with E-state index in [2.05, 4.69) is 9.72 Å². The predicted octanol–water partition coefficient (Wildman–Crippen LogP) is 3.76. The fraction of sp³-hybridized carbons (Fsp3) is 0.278. The van der Waals surface area contributed by atoms with Crippen LogP contribution < -0.4 is 10.6 Å². The lowest BCUT2D eigenvalue weighted by molar-refractivity contribution is -0.204. The third-order valence-electron chi connectivity index (χ3n) is 3.75. The lowest BCUT2D eigenvalue weighted by atomic mass is 10.1. The van der Waals surface area contributed by atoms with Gasteiger partial charge in [0.05, 0.1) is 17.7 Å². The largest absolute Gasteiger partial charge is 0.463 e. The third-order valence-corrected chi connectivity index (χ3v) is 3.75. The second kappa shape index (κ2) is 8.59. The molecule has 2 aromatic rings. The number of pyridine rings is 1. The van der Waals surface area contributed by atoms with Crippen LogP contribution in [-0.4, -0.2) is 35.3 Å². The molecule has 12 heteroatoms. The number of nitrogens with zero attached hydrogens (tertiary/aromatic N) is 1. The molecule has 0 saturated carbocycles. The van der Waals surface area contributed by atoms with E-state index in [-0.39, 0.29) is 5.56 Å². The van der Waals surface area contributed by atoms with Gasteiger partial charge in [-0.05, 0) is 37.3 Å². The molecule has 0 bridgehead atoms. The van der Waals surface area contributed by atoms with Crippen LogP contribution in [0.15, 0.2) is 48.8 Å². The van der Waals surface area contributed by atoms with Gasteiger partial charge in [-0.25, -0.2) is 4.79 Å². The number of hydrogen-bond donors (Lipinski definition) is 2. The maximum atomic E-state index is 14.0. The van der Waals surface area contributed by atoms with Crippen molar-refractivity contribution in [2.75, 3.05) is 11.9 Å². The van der Waals surface area contributed by atoms with Gasteiger partial charge in [0.15, 0.2) is 0 Å². The topological polar surface area (TPSA) is 80.3 Å². The van der Waals surface area contributed by atoms with Gasteiger partial charge < -0.3 is 15.4 Å². The minimum Gasteiger partial charge on any atom is -0.463 e. The average Bonchev–Trinajstić information content (AvgIpc) is 2.67. The van der Waals surface area contributed by atoms with E-state index in [0.29, 0.717) is 12.1 Å². The molecule has 1 amide bonds. The SMILES string of the molecule is CCOC(=O)C(NC(=O)c1cccnc1)(Nc1cccc(C(F)(F)F)c1)C(F)(F)F. The van der Waals surface area contributed by atoms with Crippen molar-refractivity contribution in [2.24, 2.45) is 0 Å². The van der Waals surface area contributed by atoms with Gasteiger partial charge in [-0.2, -0.15) is 26.3 Å². The molecule has 6 nitrogen and oxygen atoms in total. The number of aromatic nitrogens is 1. The molecule has 2 rings (SSSR count). The molecule has 162 valence electrons. The molecule has 2 N–H and O–H groups in total. The van der Waals surface area contributed by atoms with E-state index in [9.17, 15) is 35.9 Å². The lowest BCUT2D eigenvalue weighted by Crippen LogP contribution is -2.69. The highest BCUT2D eigenvalue weighted by Gasteiger charge is 2.63. The van der Waals surface area contributed by atoms with Crippen molar-refractivity contribution in [3.63, 3.8) is 0 Å². The number of benzene rings is 1. The van der Waals surface area contributed by atoms with Crippen LogP contribution in [0.3, 0.4) is 0 Å². The van der Waals surface area contributed by atoms with Crippen molar-refractivity contribution in [1.82, 2.24) is 10.3 Å². The van der Waals surface area contributed by atoms with E-state index >= 15 is 0 Å². The predicted molar refractivity (Wildman–Crippen MR) is 92.2 cm³/mol. The average molecular weight is 435 g/mol.